The van der Waals surface area contributed by atoms with E-state index in [1.165, 1.54) is 0 Å². The summed E-state index contributed by atoms with van der Waals surface area (Å²) in [5.41, 5.74) is 2.13. The van der Waals surface area contributed by atoms with Crippen LogP contribution in [-0.2, 0) is 0 Å². The van der Waals surface area contributed by atoms with E-state index in [9.17, 15) is 9.59 Å². The molecule has 2 aromatic carbocycles. The van der Waals surface area contributed by atoms with Gasteiger partial charge in [0, 0.05) is 32.0 Å². The number of hydrogen-bond acceptors (Lipinski definition) is 4. The fourth-order valence-electron chi connectivity index (χ4n) is 2.31. The molecule has 1 aliphatic carbocycles. The van der Waals surface area contributed by atoms with Crippen molar-refractivity contribution in [3.63, 3.8) is 0 Å². The lowest BCUT2D eigenvalue weighted by molar-refractivity contribution is 0.0978. The zero-order valence-corrected chi connectivity index (χ0v) is 10.7. The maximum Gasteiger partial charge on any atom is 0.194 e. The topological polar surface area (TPSA) is 34.1 Å². The second-order valence-corrected chi connectivity index (χ2v) is 6.52. The summed E-state index contributed by atoms with van der Waals surface area (Å²) in [4.78, 5) is 26.8. The molecule has 18 heavy (non-hydrogen) atoms. The van der Waals surface area contributed by atoms with Gasteiger partial charge in [0.15, 0.2) is 11.6 Å². The quantitative estimate of drug-likeness (QED) is 0.585. The lowest BCUT2D eigenvalue weighted by Gasteiger charge is -2.20. The molecule has 2 aromatic rings. The molecule has 0 radical (unpaired) electrons. The van der Waals surface area contributed by atoms with Crippen molar-refractivity contribution in [2.45, 2.75) is 9.79 Å². The smallest absolute Gasteiger partial charge is 0.194 e. The summed E-state index contributed by atoms with van der Waals surface area (Å²) in [5, 5.41) is 0. The van der Waals surface area contributed by atoms with Gasteiger partial charge in [0.25, 0.3) is 0 Å². The maximum atomic E-state index is 12.4. The molecular weight excluding hydrogens is 264 g/mol. The van der Waals surface area contributed by atoms with Gasteiger partial charge in [0.1, 0.15) is 0 Å². The van der Waals surface area contributed by atoms with Gasteiger partial charge in [0.2, 0.25) is 0 Å². The summed E-state index contributed by atoms with van der Waals surface area (Å²) in [6.07, 6.45) is 0. The Balaban J connectivity index is 2.18. The van der Waals surface area contributed by atoms with Gasteiger partial charge < -0.3 is 0 Å². The predicted molar refractivity (Wildman–Crippen MR) is 71.5 cm³/mol. The number of rotatable bonds is 0. The maximum absolute atomic E-state index is 12.4. The molecule has 5 aliphatic rings. The van der Waals surface area contributed by atoms with E-state index in [0.717, 1.165) is 9.79 Å². The van der Waals surface area contributed by atoms with Crippen molar-refractivity contribution >= 4 is 33.2 Å². The number of ketones is 2. The van der Waals surface area contributed by atoms with Gasteiger partial charge in [-0.15, -0.1) is 0 Å². The van der Waals surface area contributed by atoms with Gasteiger partial charge in [0.05, 0.1) is 0 Å². The van der Waals surface area contributed by atoms with Crippen LogP contribution < -0.4 is 0 Å². The first-order valence-electron chi connectivity index (χ1n) is 5.46. The van der Waals surface area contributed by atoms with Crippen molar-refractivity contribution in [1.29, 1.82) is 0 Å². The second kappa shape index (κ2) is 3.49. The van der Waals surface area contributed by atoms with Crippen LogP contribution in [0, 0.1) is 0 Å². The predicted octanol–water partition coefficient (Wildman–Crippen LogP) is 3.57. The Morgan fingerprint density at radius 3 is 1.50 bits per heavy atom. The van der Waals surface area contributed by atoms with E-state index < -0.39 is 0 Å². The van der Waals surface area contributed by atoms with Crippen LogP contribution in [0.5, 0.6) is 0 Å². The minimum Gasteiger partial charge on any atom is -0.289 e. The molecule has 0 N–H and O–H groups in total. The Labute approximate surface area is 111 Å². The molecule has 4 heterocycles. The number of carbonyl (C=O) groups excluding carboxylic acids is 2. The third-order valence-electron chi connectivity index (χ3n) is 3.19. The van der Waals surface area contributed by atoms with Crippen LogP contribution in [0.15, 0.2) is 46.2 Å². The Kier molecular flexibility index (Phi) is 2.02. The van der Waals surface area contributed by atoms with Gasteiger partial charge in [-0.2, -0.15) is 0 Å². The first-order chi connectivity index (χ1) is 8.74. The number of hydrogen-bond donors (Lipinski definition) is 0. The van der Waals surface area contributed by atoms with Crippen LogP contribution in [-0.4, -0.2) is 11.6 Å². The van der Waals surface area contributed by atoms with E-state index in [1.807, 2.05) is 24.3 Å². The molecule has 0 spiro atoms. The average molecular weight is 270 g/mol. The van der Waals surface area contributed by atoms with Crippen molar-refractivity contribution in [2.24, 2.45) is 0 Å². The van der Waals surface area contributed by atoms with Crippen molar-refractivity contribution in [3.8, 4) is 0 Å². The molecule has 0 atom stereocenters. The lowest BCUT2D eigenvalue weighted by atomic mass is 9.84. The van der Waals surface area contributed by atoms with Gasteiger partial charge in [-0.1, -0.05) is 21.6 Å². The minimum absolute atomic E-state index is 0.0412. The molecule has 0 amide bonds. The van der Waals surface area contributed by atoms with Crippen molar-refractivity contribution in [3.05, 3.63) is 58.7 Å². The first kappa shape index (κ1) is 10.4. The molecule has 0 unspecified atom stereocenters. The molecule has 4 heteroatoms. The van der Waals surface area contributed by atoms with Crippen LogP contribution in [0.3, 0.4) is 0 Å². The summed E-state index contributed by atoms with van der Waals surface area (Å²) in [6.45, 7) is 0. The van der Waals surface area contributed by atoms with E-state index in [1.54, 1.807) is 33.7 Å². The Hall–Kier alpha value is -1.52. The Bertz CT molecular complexity index is 671. The summed E-state index contributed by atoms with van der Waals surface area (Å²) < 4.78 is 0. The third kappa shape index (κ3) is 1.27. The molecular formula is C14H6O2S2. The highest BCUT2D eigenvalue weighted by molar-refractivity contribution is 8.76. The summed E-state index contributed by atoms with van der Waals surface area (Å²) in [7, 11) is 3.22. The van der Waals surface area contributed by atoms with Crippen LogP contribution >= 0.6 is 21.6 Å². The van der Waals surface area contributed by atoms with Crippen LogP contribution in [0.4, 0.5) is 0 Å². The number of benzene rings is 2. The van der Waals surface area contributed by atoms with Crippen molar-refractivity contribution in [1.82, 2.24) is 0 Å². The SMILES string of the molecule is O=C1c2ccc3cc2C(=O)c2ccc(cc21)SS3. The number of fused-ring (bicyclic) bond motifs is 2. The third-order valence-corrected chi connectivity index (χ3v) is 5.58. The lowest BCUT2D eigenvalue weighted by Crippen LogP contribution is -2.21. The Morgan fingerprint density at radius 1 is 0.611 bits per heavy atom. The van der Waals surface area contributed by atoms with Gasteiger partial charge in [-0.05, 0) is 36.4 Å². The molecule has 86 valence electrons. The standard InChI is InChI=1S/C14H6O2S2/c15-13-9-3-1-7-5-11(9)14(16)10-4-2-8(18-17-7)6-12(10)13/h1-6H. The van der Waals surface area contributed by atoms with E-state index >= 15 is 0 Å². The molecule has 0 saturated carbocycles. The van der Waals surface area contributed by atoms with Gasteiger partial charge in [-0.25, -0.2) is 0 Å². The van der Waals surface area contributed by atoms with Crippen LogP contribution in [0.1, 0.15) is 31.8 Å². The summed E-state index contributed by atoms with van der Waals surface area (Å²) in [5.74, 6) is -0.0824. The number of carbonyl (C=O) groups is 2. The van der Waals surface area contributed by atoms with Gasteiger partial charge >= 0.3 is 0 Å². The summed E-state index contributed by atoms with van der Waals surface area (Å²) >= 11 is 0. The molecule has 0 fully saturated rings. The van der Waals surface area contributed by atoms with Crippen molar-refractivity contribution in [2.75, 3.05) is 0 Å². The van der Waals surface area contributed by atoms with Gasteiger partial charge in [-0.3, -0.25) is 9.59 Å². The Morgan fingerprint density at radius 2 is 1.06 bits per heavy atom. The molecule has 0 aromatic heterocycles. The largest absolute Gasteiger partial charge is 0.289 e. The zero-order valence-electron chi connectivity index (χ0n) is 9.10. The molecule has 7 rings (SSSR count). The zero-order chi connectivity index (χ0) is 12.3. The fraction of sp³-hybridized carbons (Fsp3) is 0. The fourth-order valence-corrected chi connectivity index (χ4v) is 4.28. The normalized spacial score (nSPS) is 15.6. The van der Waals surface area contributed by atoms with Crippen LogP contribution in [0.25, 0.3) is 0 Å². The van der Waals surface area contributed by atoms with Crippen LogP contribution in [0.2, 0.25) is 0 Å². The van der Waals surface area contributed by atoms with E-state index in [4.69, 9.17) is 0 Å². The highest BCUT2D eigenvalue weighted by Gasteiger charge is 2.30. The molecule has 2 nitrogen and oxygen atoms in total. The van der Waals surface area contributed by atoms with E-state index in [2.05, 4.69) is 0 Å². The van der Waals surface area contributed by atoms with Crippen molar-refractivity contribution < 1.29 is 9.59 Å². The summed E-state index contributed by atoms with van der Waals surface area (Å²) in [6, 6.07) is 11.0. The molecule has 0 saturated heterocycles. The second-order valence-electron chi connectivity index (χ2n) is 4.24. The monoisotopic (exact) mass is 270 g/mol. The van der Waals surface area contributed by atoms with E-state index in [-0.39, 0.29) is 11.6 Å². The highest BCUT2D eigenvalue weighted by atomic mass is 33.1. The first-order valence-corrected chi connectivity index (χ1v) is 7.61. The van der Waals surface area contributed by atoms with E-state index in [0.29, 0.717) is 22.3 Å². The average Bonchev–Trinajstić information content (AvgIpc) is 2.42. The highest BCUT2D eigenvalue weighted by Crippen LogP contribution is 2.42. The minimum atomic E-state index is -0.0412. The molecule has 4 aliphatic heterocycles. The molecule has 6 bridgehead atoms.